The van der Waals surface area contributed by atoms with Gasteiger partial charge in [0, 0.05) is 37.1 Å². The van der Waals surface area contributed by atoms with Gasteiger partial charge in [-0.1, -0.05) is 29.8 Å². The molecule has 1 aliphatic rings. The first-order valence-corrected chi connectivity index (χ1v) is 12.2. The zero-order valence-electron chi connectivity index (χ0n) is 18.0. The molecule has 0 bridgehead atoms. The second-order valence-corrected chi connectivity index (χ2v) is 10.2. The number of rotatable bonds is 6. The van der Waals surface area contributed by atoms with Crippen molar-refractivity contribution in [3.05, 3.63) is 76.1 Å². The highest BCUT2D eigenvalue weighted by atomic mass is 32.2. The summed E-state index contributed by atoms with van der Waals surface area (Å²) in [7, 11) is -3.66. The molecule has 4 rings (SSSR count). The number of nitrogens with one attached hydrogen (secondary N) is 2. The lowest BCUT2D eigenvalue weighted by atomic mass is 9.97. The molecule has 1 aromatic heterocycles. The van der Waals surface area contributed by atoms with Gasteiger partial charge in [0.25, 0.3) is 0 Å². The van der Waals surface area contributed by atoms with Crippen LogP contribution in [0.1, 0.15) is 24.0 Å². The molecule has 0 spiro atoms. The van der Waals surface area contributed by atoms with Crippen molar-refractivity contribution in [2.24, 2.45) is 5.92 Å². The van der Waals surface area contributed by atoms with Gasteiger partial charge in [0.05, 0.1) is 4.90 Å². The fourth-order valence-electron chi connectivity index (χ4n) is 4.14. The summed E-state index contributed by atoms with van der Waals surface area (Å²) >= 11 is 0. The van der Waals surface area contributed by atoms with Crippen LogP contribution in [0.15, 0.2) is 64.3 Å². The molecule has 8 heteroatoms. The Kier molecular flexibility index (Phi) is 6.43. The lowest BCUT2D eigenvalue weighted by Gasteiger charge is -2.30. The number of benzene rings is 2. The fourth-order valence-corrected chi connectivity index (χ4v) is 5.65. The van der Waals surface area contributed by atoms with Crippen LogP contribution in [0.2, 0.25) is 0 Å². The molecule has 3 aromatic rings. The van der Waals surface area contributed by atoms with Crippen LogP contribution in [0.25, 0.3) is 10.9 Å². The van der Waals surface area contributed by atoms with Crippen molar-refractivity contribution in [1.29, 1.82) is 0 Å². The largest absolute Gasteiger partial charge is 0.356 e. The van der Waals surface area contributed by atoms with Gasteiger partial charge in [-0.25, -0.2) is 8.42 Å². The minimum absolute atomic E-state index is 0.00985. The van der Waals surface area contributed by atoms with Crippen molar-refractivity contribution in [3.8, 4) is 0 Å². The Bertz CT molecular complexity index is 1290. The minimum Gasteiger partial charge on any atom is -0.356 e. The SMILES string of the molecule is Cc1cccc(CCNC(=O)C2CCN(S(=O)(=O)c3ccc4[nH]c(=O)ccc4c3)CC2)c1. The molecule has 2 N–H and O–H groups in total. The number of hydrogen-bond acceptors (Lipinski definition) is 4. The Morgan fingerprint density at radius 2 is 1.88 bits per heavy atom. The molecule has 1 aliphatic heterocycles. The number of piperidine rings is 1. The van der Waals surface area contributed by atoms with Crippen LogP contribution in [-0.4, -0.2) is 43.2 Å². The summed E-state index contributed by atoms with van der Waals surface area (Å²) in [5.74, 6) is -0.190. The van der Waals surface area contributed by atoms with Gasteiger partial charge in [-0.3, -0.25) is 9.59 Å². The molecule has 168 valence electrons. The fraction of sp³-hybridized carbons (Fsp3) is 0.333. The Balaban J connectivity index is 1.33. The first-order valence-electron chi connectivity index (χ1n) is 10.8. The molecule has 0 radical (unpaired) electrons. The molecule has 0 saturated carbocycles. The van der Waals surface area contributed by atoms with Crippen LogP contribution in [-0.2, 0) is 21.2 Å². The second kappa shape index (κ2) is 9.26. The number of aryl methyl sites for hydroxylation is 1. The number of aromatic amines is 1. The van der Waals surface area contributed by atoms with Crippen LogP contribution >= 0.6 is 0 Å². The van der Waals surface area contributed by atoms with E-state index in [-0.39, 0.29) is 22.3 Å². The van der Waals surface area contributed by atoms with E-state index in [4.69, 9.17) is 0 Å². The Labute approximate surface area is 187 Å². The molecule has 1 saturated heterocycles. The van der Waals surface area contributed by atoms with Gasteiger partial charge < -0.3 is 10.3 Å². The normalized spacial score (nSPS) is 15.7. The van der Waals surface area contributed by atoms with Gasteiger partial charge in [-0.2, -0.15) is 4.31 Å². The topological polar surface area (TPSA) is 99.3 Å². The maximum absolute atomic E-state index is 13.1. The number of carbonyl (C=O) groups excluding carboxylic acids is 1. The van der Waals surface area contributed by atoms with Crippen LogP contribution in [0.5, 0.6) is 0 Å². The number of amides is 1. The van der Waals surface area contributed by atoms with Crippen LogP contribution < -0.4 is 10.9 Å². The monoisotopic (exact) mass is 453 g/mol. The smallest absolute Gasteiger partial charge is 0.248 e. The molecule has 32 heavy (non-hydrogen) atoms. The van der Waals surface area contributed by atoms with Crippen molar-refractivity contribution in [1.82, 2.24) is 14.6 Å². The first kappa shape index (κ1) is 22.2. The Morgan fingerprint density at radius 1 is 1.09 bits per heavy atom. The zero-order valence-corrected chi connectivity index (χ0v) is 18.8. The van der Waals surface area contributed by atoms with E-state index in [1.807, 2.05) is 25.1 Å². The number of pyridine rings is 1. The minimum atomic E-state index is -3.66. The summed E-state index contributed by atoms with van der Waals surface area (Å²) in [5, 5.41) is 3.66. The van der Waals surface area contributed by atoms with Crippen molar-refractivity contribution in [2.45, 2.75) is 31.1 Å². The van der Waals surface area contributed by atoms with Crippen molar-refractivity contribution in [3.63, 3.8) is 0 Å². The molecule has 7 nitrogen and oxygen atoms in total. The van der Waals surface area contributed by atoms with E-state index in [0.717, 1.165) is 6.42 Å². The van der Waals surface area contributed by atoms with E-state index >= 15 is 0 Å². The lowest BCUT2D eigenvalue weighted by molar-refractivity contribution is -0.126. The summed E-state index contributed by atoms with van der Waals surface area (Å²) in [6.07, 6.45) is 1.76. The number of nitrogens with zero attached hydrogens (tertiary/aromatic N) is 1. The van der Waals surface area contributed by atoms with Crippen molar-refractivity contribution >= 4 is 26.8 Å². The van der Waals surface area contributed by atoms with Crippen LogP contribution in [0.4, 0.5) is 0 Å². The highest BCUT2D eigenvalue weighted by Gasteiger charge is 2.32. The molecular formula is C24H27N3O4S. The molecule has 1 fully saturated rings. The molecule has 2 heterocycles. The quantitative estimate of drug-likeness (QED) is 0.599. The summed E-state index contributed by atoms with van der Waals surface area (Å²) in [6.45, 7) is 3.23. The third-order valence-corrected chi connectivity index (χ3v) is 7.85. The first-order chi connectivity index (χ1) is 15.3. The van der Waals surface area contributed by atoms with E-state index in [0.29, 0.717) is 43.4 Å². The Hall–Kier alpha value is -2.97. The van der Waals surface area contributed by atoms with E-state index in [1.165, 1.54) is 27.6 Å². The molecule has 1 amide bonds. The Morgan fingerprint density at radius 3 is 2.62 bits per heavy atom. The highest BCUT2D eigenvalue weighted by molar-refractivity contribution is 7.89. The standard InChI is InChI=1S/C24H27N3O4S/c1-17-3-2-4-18(15-17)9-12-25-24(29)19-10-13-27(14-11-19)32(30,31)21-6-7-22-20(16-21)5-8-23(28)26-22/h2-8,15-16,19H,9-14H2,1H3,(H,25,29)(H,26,28). The summed E-state index contributed by atoms with van der Waals surface area (Å²) in [6, 6.07) is 15.9. The van der Waals surface area contributed by atoms with E-state index in [1.54, 1.807) is 18.2 Å². The maximum Gasteiger partial charge on any atom is 0.248 e. The molecular weight excluding hydrogens is 426 g/mol. The number of fused-ring (bicyclic) bond motifs is 1. The number of sulfonamides is 1. The second-order valence-electron chi connectivity index (χ2n) is 8.28. The van der Waals surface area contributed by atoms with E-state index in [2.05, 4.69) is 16.4 Å². The van der Waals surface area contributed by atoms with Gasteiger partial charge in [0.1, 0.15) is 0 Å². The van der Waals surface area contributed by atoms with Gasteiger partial charge >= 0.3 is 0 Å². The summed E-state index contributed by atoms with van der Waals surface area (Å²) in [4.78, 5) is 26.9. The predicted molar refractivity (Wildman–Crippen MR) is 124 cm³/mol. The predicted octanol–water partition coefficient (Wildman–Crippen LogP) is 2.60. The average molecular weight is 454 g/mol. The summed E-state index contributed by atoms with van der Waals surface area (Å²) < 4.78 is 27.6. The van der Waals surface area contributed by atoms with Gasteiger partial charge in [-0.05, 0) is 61.4 Å². The van der Waals surface area contributed by atoms with Crippen LogP contribution in [0.3, 0.4) is 0 Å². The van der Waals surface area contributed by atoms with E-state index in [9.17, 15) is 18.0 Å². The number of carbonyl (C=O) groups is 1. The zero-order chi connectivity index (χ0) is 22.7. The third kappa shape index (κ3) is 4.92. The van der Waals surface area contributed by atoms with Gasteiger partial charge in [-0.15, -0.1) is 0 Å². The van der Waals surface area contributed by atoms with Crippen LogP contribution in [0, 0.1) is 12.8 Å². The van der Waals surface area contributed by atoms with Gasteiger partial charge in [0.15, 0.2) is 0 Å². The van der Waals surface area contributed by atoms with Gasteiger partial charge in [0.2, 0.25) is 21.5 Å². The molecule has 0 atom stereocenters. The number of H-pyrrole nitrogens is 1. The molecule has 0 unspecified atom stereocenters. The number of hydrogen-bond donors (Lipinski definition) is 2. The average Bonchev–Trinajstić information content (AvgIpc) is 2.78. The summed E-state index contributed by atoms with van der Waals surface area (Å²) in [5.41, 5.74) is 2.75. The highest BCUT2D eigenvalue weighted by Crippen LogP contribution is 2.25. The van der Waals surface area contributed by atoms with Crippen molar-refractivity contribution in [2.75, 3.05) is 19.6 Å². The third-order valence-electron chi connectivity index (χ3n) is 5.95. The maximum atomic E-state index is 13.1. The number of aromatic nitrogens is 1. The molecule has 0 aliphatic carbocycles. The van der Waals surface area contributed by atoms with E-state index < -0.39 is 10.0 Å². The van der Waals surface area contributed by atoms with Crippen molar-refractivity contribution < 1.29 is 13.2 Å². The lowest BCUT2D eigenvalue weighted by Crippen LogP contribution is -2.43. The molecule has 2 aromatic carbocycles.